The number of nitrogens with two attached hydrogens (primary N) is 1. The van der Waals surface area contributed by atoms with E-state index >= 15 is 0 Å². The van der Waals surface area contributed by atoms with Crippen LogP contribution in [0.2, 0.25) is 0 Å². The van der Waals surface area contributed by atoms with E-state index in [4.69, 9.17) is 10.5 Å². The number of rotatable bonds is 7. The average Bonchev–Trinajstić information content (AvgIpc) is 2.59. The van der Waals surface area contributed by atoms with Crippen LogP contribution in [-0.4, -0.2) is 32.8 Å². The highest BCUT2D eigenvalue weighted by molar-refractivity contribution is 7.92. The Morgan fingerprint density at radius 3 is 2.41 bits per heavy atom. The van der Waals surface area contributed by atoms with Crippen LogP contribution in [0.1, 0.15) is 11.1 Å². The molecule has 2 aromatic carbocycles. The molecule has 0 aromatic heterocycles. The zero-order chi connectivity index (χ0) is 19.9. The van der Waals surface area contributed by atoms with Gasteiger partial charge in [0.15, 0.2) is 0 Å². The van der Waals surface area contributed by atoms with Gasteiger partial charge in [-0.15, -0.1) is 0 Å². The van der Waals surface area contributed by atoms with Gasteiger partial charge in [0, 0.05) is 5.69 Å². The van der Waals surface area contributed by atoms with Crippen LogP contribution in [0.15, 0.2) is 54.6 Å². The molecule has 0 aliphatic carbocycles. The van der Waals surface area contributed by atoms with Crippen molar-refractivity contribution in [2.75, 3.05) is 11.0 Å². The summed E-state index contributed by atoms with van der Waals surface area (Å²) in [4.78, 5) is 23.5. The Morgan fingerprint density at radius 1 is 1.07 bits per heavy atom. The molecular weight excluding hydrogens is 372 g/mol. The van der Waals surface area contributed by atoms with Crippen molar-refractivity contribution in [2.45, 2.75) is 19.1 Å². The molecular formula is C18H20N2O6S. The Balaban J connectivity index is 1.86. The first-order valence-corrected chi connectivity index (χ1v) is 9.87. The molecule has 1 unspecified atom stereocenters. The van der Waals surface area contributed by atoms with Gasteiger partial charge in [-0.05, 0) is 29.7 Å². The lowest BCUT2D eigenvalue weighted by Gasteiger charge is -2.12. The number of carbonyl (C=O) groups excluding carboxylic acids is 2. The summed E-state index contributed by atoms with van der Waals surface area (Å²) >= 11 is 0. The standard InChI is InChI=1S/C18H20N2O6S/c1-27(23,24)20-15-9-5-8-14(10-15)11-16(19)17(21)26-18(22)25-12-13-6-3-2-4-7-13/h2-10,16,20H,11-12,19H2,1H3. The second-order valence-electron chi connectivity index (χ2n) is 5.83. The van der Waals surface area contributed by atoms with Crippen molar-refractivity contribution < 1.29 is 27.5 Å². The van der Waals surface area contributed by atoms with Crippen molar-refractivity contribution in [1.82, 2.24) is 0 Å². The molecule has 0 amide bonds. The summed E-state index contributed by atoms with van der Waals surface area (Å²) in [6.45, 7) is -0.0264. The Morgan fingerprint density at radius 2 is 1.74 bits per heavy atom. The molecule has 1 atom stereocenters. The number of carbonyl (C=O) groups is 2. The summed E-state index contributed by atoms with van der Waals surface area (Å²) < 4.78 is 34.3. The fraction of sp³-hybridized carbons (Fsp3) is 0.222. The maximum Gasteiger partial charge on any atom is 0.516 e. The predicted octanol–water partition coefficient (Wildman–Crippen LogP) is 1.81. The molecule has 2 aromatic rings. The van der Waals surface area contributed by atoms with E-state index in [1.807, 2.05) is 6.07 Å². The topological polar surface area (TPSA) is 125 Å². The van der Waals surface area contributed by atoms with Gasteiger partial charge >= 0.3 is 12.1 Å². The van der Waals surface area contributed by atoms with Gasteiger partial charge in [0.1, 0.15) is 12.6 Å². The fourth-order valence-electron chi connectivity index (χ4n) is 2.22. The third-order valence-corrected chi connectivity index (χ3v) is 3.98. The molecule has 3 N–H and O–H groups in total. The van der Waals surface area contributed by atoms with E-state index in [2.05, 4.69) is 9.46 Å². The normalized spacial score (nSPS) is 12.1. The van der Waals surface area contributed by atoms with Crippen LogP contribution < -0.4 is 10.5 Å². The molecule has 9 heteroatoms. The van der Waals surface area contributed by atoms with Crippen molar-refractivity contribution in [3.05, 3.63) is 65.7 Å². The van der Waals surface area contributed by atoms with Crippen molar-refractivity contribution in [1.29, 1.82) is 0 Å². The number of esters is 1. The minimum Gasteiger partial charge on any atom is -0.429 e. The summed E-state index contributed by atoms with van der Waals surface area (Å²) in [7, 11) is -3.42. The maximum absolute atomic E-state index is 11.9. The largest absolute Gasteiger partial charge is 0.516 e. The van der Waals surface area contributed by atoms with E-state index < -0.39 is 28.2 Å². The summed E-state index contributed by atoms with van der Waals surface area (Å²) in [5.74, 6) is -0.936. The van der Waals surface area contributed by atoms with Crippen LogP contribution in [0.5, 0.6) is 0 Å². The maximum atomic E-state index is 11.9. The van der Waals surface area contributed by atoms with Crippen LogP contribution >= 0.6 is 0 Å². The van der Waals surface area contributed by atoms with Gasteiger partial charge in [-0.2, -0.15) is 0 Å². The van der Waals surface area contributed by atoms with Gasteiger partial charge < -0.3 is 15.2 Å². The second-order valence-corrected chi connectivity index (χ2v) is 7.58. The zero-order valence-electron chi connectivity index (χ0n) is 14.6. The quantitative estimate of drug-likeness (QED) is 0.544. The van der Waals surface area contributed by atoms with Crippen molar-refractivity contribution in [2.24, 2.45) is 5.73 Å². The molecule has 144 valence electrons. The van der Waals surface area contributed by atoms with Gasteiger partial charge in [-0.3, -0.25) is 4.72 Å². The lowest BCUT2D eigenvalue weighted by atomic mass is 10.1. The first-order chi connectivity index (χ1) is 12.7. The summed E-state index contributed by atoms with van der Waals surface area (Å²) in [6, 6.07) is 14.2. The molecule has 2 rings (SSSR count). The van der Waals surface area contributed by atoms with Gasteiger partial charge in [0.05, 0.1) is 6.26 Å². The van der Waals surface area contributed by atoms with Gasteiger partial charge in [-0.25, -0.2) is 18.0 Å². The second kappa shape index (κ2) is 9.15. The molecule has 0 aliphatic rings. The SMILES string of the molecule is CS(=O)(=O)Nc1cccc(CC(N)C(=O)OC(=O)OCc2ccccc2)c1. The van der Waals surface area contributed by atoms with Crippen LogP contribution in [0, 0.1) is 0 Å². The zero-order valence-corrected chi connectivity index (χ0v) is 15.4. The Kier molecular flexibility index (Phi) is 6.91. The monoisotopic (exact) mass is 392 g/mol. The molecule has 0 bridgehead atoms. The third-order valence-electron chi connectivity index (χ3n) is 3.37. The van der Waals surface area contributed by atoms with Gasteiger partial charge in [-0.1, -0.05) is 42.5 Å². The van der Waals surface area contributed by atoms with E-state index in [0.717, 1.165) is 11.8 Å². The van der Waals surface area contributed by atoms with E-state index in [1.54, 1.807) is 48.5 Å². The minimum absolute atomic E-state index is 0.0264. The lowest BCUT2D eigenvalue weighted by molar-refractivity contribution is -0.141. The minimum atomic E-state index is -3.42. The van der Waals surface area contributed by atoms with E-state index in [1.165, 1.54) is 0 Å². The molecule has 0 spiro atoms. The summed E-state index contributed by atoms with van der Waals surface area (Å²) in [5.41, 5.74) is 7.46. The van der Waals surface area contributed by atoms with Crippen molar-refractivity contribution >= 4 is 27.8 Å². The number of nitrogens with one attached hydrogen (secondary N) is 1. The smallest absolute Gasteiger partial charge is 0.429 e. The van der Waals surface area contributed by atoms with Crippen molar-refractivity contribution in [3.63, 3.8) is 0 Å². The predicted molar refractivity (Wildman–Crippen MR) is 99.3 cm³/mol. The molecule has 0 saturated heterocycles. The molecule has 27 heavy (non-hydrogen) atoms. The fourth-order valence-corrected chi connectivity index (χ4v) is 2.77. The molecule has 0 heterocycles. The van der Waals surface area contributed by atoms with Crippen LogP contribution in [0.25, 0.3) is 0 Å². The third kappa shape index (κ3) is 7.47. The first-order valence-electron chi connectivity index (χ1n) is 7.97. The summed E-state index contributed by atoms with van der Waals surface area (Å²) in [6.07, 6.45) is -0.0414. The van der Waals surface area contributed by atoms with Crippen LogP contribution in [0.4, 0.5) is 10.5 Å². The Bertz CT molecular complexity index is 899. The van der Waals surface area contributed by atoms with Crippen molar-refractivity contribution in [3.8, 4) is 0 Å². The molecule has 0 aliphatic heterocycles. The number of ether oxygens (including phenoxy) is 2. The summed E-state index contributed by atoms with van der Waals surface area (Å²) in [5, 5.41) is 0. The molecule has 0 saturated carbocycles. The number of benzene rings is 2. The van der Waals surface area contributed by atoms with Gasteiger partial charge in [0.25, 0.3) is 0 Å². The van der Waals surface area contributed by atoms with E-state index in [-0.39, 0.29) is 13.0 Å². The number of anilines is 1. The molecule has 0 fully saturated rings. The van der Waals surface area contributed by atoms with E-state index in [9.17, 15) is 18.0 Å². The van der Waals surface area contributed by atoms with Crippen LogP contribution in [-0.2, 0) is 37.3 Å². The number of sulfonamides is 1. The highest BCUT2D eigenvalue weighted by atomic mass is 32.2. The van der Waals surface area contributed by atoms with Gasteiger partial charge in [0.2, 0.25) is 10.0 Å². The lowest BCUT2D eigenvalue weighted by Crippen LogP contribution is -2.35. The van der Waals surface area contributed by atoms with E-state index in [0.29, 0.717) is 11.3 Å². The van der Waals surface area contributed by atoms with Crippen LogP contribution in [0.3, 0.4) is 0 Å². The highest BCUT2D eigenvalue weighted by Gasteiger charge is 2.20. The molecule has 8 nitrogen and oxygen atoms in total. The number of hydrogen-bond acceptors (Lipinski definition) is 7. The average molecular weight is 392 g/mol. The first kappa shape index (κ1) is 20.4. The highest BCUT2D eigenvalue weighted by Crippen LogP contribution is 2.13. The number of hydrogen-bond donors (Lipinski definition) is 2. The Labute approximate surface area is 157 Å². The molecule has 0 radical (unpaired) electrons. The Hall–Kier alpha value is -2.91.